The van der Waals surface area contributed by atoms with E-state index in [1.54, 1.807) is 24.3 Å². The van der Waals surface area contributed by atoms with Gasteiger partial charge in [0.15, 0.2) is 0 Å². The molecule has 0 fully saturated rings. The highest BCUT2D eigenvalue weighted by atomic mass is 36.0. The molecule has 2 aromatic rings. The summed E-state index contributed by atoms with van der Waals surface area (Å²) in [5.74, 6) is 0. The summed E-state index contributed by atoms with van der Waals surface area (Å²) >= 11 is 0. The fraction of sp³-hybridized carbons (Fsp3) is 0. The van der Waals surface area contributed by atoms with Crippen molar-refractivity contribution in [3.8, 4) is 0 Å². The van der Waals surface area contributed by atoms with Crippen molar-refractivity contribution in [2.45, 2.75) is 0 Å². The van der Waals surface area contributed by atoms with Crippen molar-refractivity contribution < 1.29 is 8.42 Å². The van der Waals surface area contributed by atoms with E-state index in [-0.39, 0.29) is 5.56 Å². The van der Waals surface area contributed by atoms with Gasteiger partial charge in [0.2, 0.25) is 0 Å². The van der Waals surface area contributed by atoms with Crippen LogP contribution in [0.5, 0.6) is 0 Å². The molecule has 0 unspecified atom stereocenters. The molecular weight excluding hydrogens is 291 g/mol. The molecule has 0 saturated carbocycles. The molecule has 2 N–H and O–H groups in total. The molecule has 0 aliphatic carbocycles. The summed E-state index contributed by atoms with van der Waals surface area (Å²) in [5.41, 5.74) is -0.265. The highest BCUT2D eigenvalue weighted by Crippen LogP contribution is 2.01. The Morgan fingerprint density at radius 1 is 1.00 bits per heavy atom. The number of benzene rings is 1. The highest BCUT2D eigenvalue weighted by molar-refractivity contribution is 8.31. The standard InChI is InChI=1S/C8H6N2O2.Cl2O2S/c11-7-5-3-1-2-4-6(5)9-8(12)10-7;1-5(2,3)4/h1-4H,(H2,9,10,11,12);. The number of rotatable bonds is 0. The van der Waals surface area contributed by atoms with Crippen LogP contribution in [-0.4, -0.2) is 18.4 Å². The third-order valence-corrected chi connectivity index (χ3v) is 1.65. The monoisotopic (exact) mass is 296 g/mol. The van der Waals surface area contributed by atoms with Crippen LogP contribution in [0.1, 0.15) is 0 Å². The number of para-hydroxylation sites is 1. The van der Waals surface area contributed by atoms with Gasteiger partial charge in [-0.1, -0.05) is 12.1 Å². The first-order valence-electron chi connectivity index (χ1n) is 4.13. The number of halogens is 2. The minimum absolute atomic E-state index is 0.352. The lowest BCUT2D eigenvalue weighted by atomic mass is 10.2. The predicted molar refractivity (Wildman–Crippen MR) is 65.8 cm³/mol. The van der Waals surface area contributed by atoms with Crippen molar-refractivity contribution in [2.75, 3.05) is 0 Å². The van der Waals surface area contributed by atoms with Crippen LogP contribution in [-0.2, 0) is 8.26 Å². The van der Waals surface area contributed by atoms with Crippen LogP contribution in [0.25, 0.3) is 10.9 Å². The summed E-state index contributed by atoms with van der Waals surface area (Å²) in [6.07, 6.45) is 0. The molecule has 9 heteroatoms. The summed E-state index contributed by atoms with van der Waals surface area (Å²) in [6.45, 7) is 0. The number of nitrogens with one attached hydrogen (secondary N) is 2. The molecular formula is C8H6Cl2N2O4S. The number of aromatic amines is 2. The Kier molecular flexibility index (Phi) is 4.33. The van der Waals surface area contributed by atoms with Crippen molar-refractivity contribution in [3.05, 3.63) is 45.1 Å². The van der Waals surface area contributed by atoms with Crippen molar-refractivity contribution in [1.29, 1.82) is 0 Å². The minimum atomic E-state index is -3.72. The number of aromatic nitrogens is 2. The lowest BCUT2D eigenvalue weighted by molar-refractivity contribution is 0.621. The van der Waals surface area contributed by atoms with E-state index < -0.39 is 14.0 Å². The van der Waals surface area contributed by atoms with Crippen LogP contribution < -0.4 is 11.2 Å². The Morgan fingerprint density at radius 2 is 1.53 bits per heavy atom. The zero-order valence-electron chi connectivity index (χ0n) is 8.11. The maximum atomic E-state index is 11.1. The molecule has 1 aromatic heterocycles. The average molecular weight is 297 g/mol. The minimum Gasteiger partial charge on any atom is -0.307 e. The molecule has 0 atom stereocenters. The molecule has 17 heavy (non-hydrogen) atoms. The number of hydrogen-bond donors (Lipinski definition) is 2. The second-order valence-electron chi connectivity index (χ2n) is 2.83. The molecule has 2 rings (SSSR count). The van der Waals surface area contributed by atoms with E-state index in [0.717, 1.165) is 0 Å². The molecule has 0 bridgehead atoms. The van der Waals surface area contributed by atoms with Crippen molar-refractivity contribution in [1.82, 2.24) is 9.97 Å². The van der Waals surface area contributed by atoms with E-state index in [9.17, 15) is 9.59 Å². The second-order valence-corrected chi connectivity index (χ2v) is 6.50. The molecule has 6 nitrogen and oxygen atoms in total. The first kappa shape index (κ1) is 13.8. The Morgan fingerprint density at radius 3 is 2.12 bits per heavy atom. The SMILES string of the molecule is O=S(=O)(Cl)Cl.O=c1[nH]c(=O)c2ccccc2[nH]1. The van der Waals surface area contributed by atoms with Gasteiger partial charge in [0, 0.05) is 21.4 Å². The molecule has 1 aromatic carbocycles. The van der Waals surface area contributed by atoms with Gasteiger partial charge in [-0.2, -0.15) is 8.42 Å². The average Bonchev–Trinajstić information content (AvgIpc) is 2.14. The first-order chi connectivity index (χ1) is 7.77. The van der Waals surface area contributed by atoms with E-state index in [0.29, 0.717) is 10.9 Å². The van der Waals surface area contributed by atoms with Gasteiger partial charge in [0.05, 0.1) is 10.9 Å². The molecule has 0 amide bonds. The van der Waals surface area contributed by atoms with Crippen LogP contribution in [0.2, 0.25) is 0 Å². The first-order valence-corrected chi connectivity index (χ1v) is 7.26. The lowest BCUT2D eigenvalue weighted by Crippen LogP contribution is -2.21. The molecule has 0 aliphatic rings. The topological polar surface area (TPSA) is 99.9 Å². The molecule has 0 spiro atoms. The van der Waals surface area contributed by atoms with Crippen LogP contribution in [0.15, 0.2) is 33.9 Å². The van der Waals surface area contributed by atoms with Crippen LogP contribution in [0, 0.1) is 0 Å². The van der Waals surface area contributed by atoms with Crippen LogP contribution >= 0.6 is 21.4 Å². The number of H-pyrrole nitrogens is 2. The summed E-state index contributed by atoms with van der Waals surface area (Å²) in [4.78, 5) is 26.6. The smallest absolute Gasteiger partial charge is 0.307 e. The number of hydrogen-bond acceptors (Lipinski definition) is 4. The highest BCUT2D eigenvalue weighted by Gasteiger charge is 1.96. The van der Waals surface area contributed by atoms with Crippen molar-refractivity contribution >= 4 is 40.5 Å². The van der Waals surface area contributed by atoms with E-state index in [1.165, 1.54) is 0 Å². The summed E-state index contributed by atoms with van der Waals surface area (Å²) in [5, 5.41) is 0.497. The quantitative estimate of drug-likeness (QED) is 0.706. The van der Waals surface area contributed by atoms with Gasteiger partial charge >= 0.3 is 14.0 Å². The van der Waals surface area contributed by atoms with Gasteiger partial charge in [-0.15, -0.1) is 0 Å². The predicted octanol–water partition coefficient (Wildman–Crippen LogP) is 0.925. The maximum absolute atomic E-state index is 11.1. The molecule has 1 heterocycles. The zero-order chi connectivity index (χ0) is 13.1. The van der Waals surface area contributed by atoms with Gasteiger partial charge in [0.25, 0.3) is 5.56 Å². The Balaban J connectivity index is 0.000000249. The van der Waals surface area contributed by atoms with Crippen molar-refractivity contribution in [2.24, 2.45) is 0 Å². The van der Waals surface area contributed by atoms with Gasteiger partial charge < -0.3 is 4.98 Å². The van der Waals surface area contributed by atoms with E-state index in [2.05, 4.69) is 31.3 Å². The van der Waals surface area contributed by atoms with E-state index in [4.69, 9.17) is 8.42 Å². The van der Waals surface area contributed by atoms with E-state index >= 15 is 0 Å². The van der Waals surface area contributed by atoms with Gasteiger partial charge in [-0.25, -0.2) is 4.79 Å². The molecule has 0 radical (unpaired) electrons. The van der Waals surface area contributed by atoms with Crippen molar-refractivity contribution in [3.63, 3.8) is 0 Å². The fourth-order valence-corrected chi connectivity index (χ4v) is 1.11. The Hall–Kier alpha value is -1.31. The van der Waals surface area contributed by atoms with Gasteiger partial charge in [-0.05, 0) is 12.1 Å². The fourth-order valence-electron chi connectivity index (χ4n) is 1.11. The van der Waals surface area contributed by atoms with Gasteiger partial charge in [-0.3, -0.25) is 9.78 Å². The largest absolute Gasteiger partial charge is 0.326 e. The number of fused-ring (bicyclic) bond motifs is 1. The third kappa shape index (κ3) is 5.03. The zero-order valence-corrected chi connectivity index (χ0v) is 10.4. The summed E-state index contributed by atoms with van der Waals surface area (Å²) in [6, 6.07) is 6.85. The van der Waals surface area contributed by atoms with Crippen LogP contribution in [0.4, 0.5) is 0 Å². The second kappa shape index (κ2) is 5.35. The summed E-state index contributed by atoms with van der Waals surface area (Å²) in [7, 11) is 4.81. The van der Waals surface area contributed by atoms with Gasteiger partial charge in [0.1, 0.15) is 0 Å². The molecule has 92 valence electrons. The molecule has 0 aliphatic heterocycles. The van der Waals surface area contributed by atoms with E-state index in [1.807, 2.05) is 0 Å². The Labute approximate surface area is 104 Å². The van der Waals surface area contributed by atoms with Crippen LogP contribution in [0.3, 0.4) is 0 Å². The maximum Gasteiger partial charge on any atom is 0.326 e. The third-order valence-electron chi connectivity index (χ3n) is 1.65. The molecule has 0 saturated heterocycles. The normalized spacial score (nSPS) is 10.7. The lowest BCUT2D eigenvalue weighted by Gasteiger charge is -1.92. The Bertz CT molecular complexity index is 727. The summed E-state index contributed by atoms with van der Waals surface area (Å²) < 4.78 is 18.3.